The fraction of sp³-hybridized carbons (Fsp3) is 0.125. The second kappa shape index (κ2) is 3.89. The summed E-state index contributed by atoms with van der Waals surface area (Å²) in [6.07, 6.45) is 0. The van der Waals surface area contributed by atoms with Crippen molar-refractivity contribution in [1.29, 1.82) is 0 Å². The largest absolute Gasteiger partial charge is 0.312 e. The number of hydrogen-bond acceptors (Lipinski definition) is 0. The van der Waals surface area contributed by atoms with Crippen LogP contribution in [0.3, 0.4) is 0 Å². The van der Waals surface area contributed by atoms with Gasteiger partial charge in [-0.3, -0.25) is 0 Å². The number of benzene rings is 1. The number of nitrogens with zero attached hydrogens (tertiary/aromatic N) is 1. The Hall–Kier alpha value is -0.330. The molecule has 0 aromatic heterocycles. The van der Waals surface area contributed by atoms with Gasteiger partial charge in [0.2, 0.25) is 6.54 Å². The summed E-state index contributed by atoms with van der Waals surface area (Å²) >= 11 is 6.75. The van der Waals surface area contributed by atoms with Crippen LogP contribution < -0.4 is 0 Å². The molecule has 56 valence electrons. The van der Waals surface area contributed by atoms with Crippen molar-refractivity contribution < 1.29 is 0 Å². The van der Waals surface area contributed by atoms with Gasteiger partial charge in [-0.2, -0.15) is 0 Å². The third-order valence-electron chi connectivity index (χ3n) is 1.30. The Labute approximate surface area is 82.5 Å². The predicted octanol–water partition coefficient (Wildman–Crippen LogP) is 3.63. The summed E-state index contributed by atoms with van der Waals surface area (Å²) in [5, 5.41) is 0. The first kappa shape index (κ1) is 8.76. The molecule has 3 heteroatoms. The first-order valence-corrected chi connectivity index (χ1v) is 4.60. The van der Waals surface area contributed by atoms with Crippen molar-refractivity contribution >= 4 is 31.9 Å². The molecule has 0 saturated heterocycles. The van der Waals surface area contributed by atoms with Crippen molar-refractivity contribution in [3.05, 3.63) is 44.1 Å². The van der Waals surface area contributed by atoms with E-state index in [1.165, 1.54) is 0 Å². The highest BCUT2D eigenvalue weighted by Crippen LogP contribution is 2.25. The molecule has 0 spiro atoms. The minimum absolute atomic E-state index is 0.419. The highest BCUT2D eigenvalue weighted by Gasteiger charge is 2.05. The molecular weight excluding hydrogens is 270 g/mol. The number of halogens is 2. The monoisotopic (exact) mass is 273 g/mol. The van der Waals surface area contributed by atoms with Crippen molar-refractivity contribution in [2.75, 3.05) is 0 Å². The molecule has 1 aromatic rings. The summed E-state index contributed by atoms with van der Waals surface area (Å²) in [4.78, 5) is 3.32. The Morgan fingerprint density at radius 1 is 1.27 bits per heavy atom. The maximum Gasteiger partial charge on any atom is 0.241 e. The first-order chi connectivity index (χ1) is 5.25. The van der Waals surface area contributed by atoms with E-state index in [0.29, 0.717) is 6.54 Å². The van der Waals surface area contributed by atoms with Gasteiger partial charge in [0, 0.05) is 8.95 Å². The van der Waals surface area contributed by atoms with Crippen LogP contribution in [0.25, 0.3) is 4.85 Å². The van der Waals surface area contributed by atoms with Crippen LogP contribution in [-0.2, 0) is 6.54 Å². The third kappa shape index (κ3) is 2.05. The summed E-state index contributed by atoms with van der Waals surface area (Å²) in [7, 11) is 0. The van der Waals surface area contributed by atoms with Gasteiger partial charge in [-0.25, -0.2) is 6.57 Å². The lowest BCUT2D eigenvalue weighted by Crippen LogP contribution is -1.82. The van der Waals surface area contributed by atoms with E-state index in [-0.39, 0.29) is 0 Å². The van der Waals surface area contributed by atoms with Gasteiger partial charge < -0.3 is 4.85 Å². The van der Waals surface area contributed by atoms with Gasteiger partial charge in [-0.15, -0.1) is 0 Å². The number of hydrogen-bond donors (Lipinski definition) is 0. The van der Waals surface area contributed by atoms with Crippen LogP contribution in [0, 0.1) is 6.57 Å². The van der Waals surface area contributed by atoms with Gasteiger partial charge >= 0.3 is 0 Å². The zero-order valence-electron chi connectivity index (χ0n) is 5.64. The quantitative estimate of drug-likeness (QED) is 0.689. The molecule has 1 rings (SSSR count). The van der Waals surface area contributed by atoms with E-state index in [2.05, 4.69) is 36.7 Å². The molecule has 0 N–H and O–H groups in total. The van der Waals surface area contributed by atoms with Crippen LogP contribution in [0.1, 0.15) is 5.56 Å². The van der Waals surface area contributed by atoms with Crippen LogP contribution in [-0.4, -0.2) is 0 Å². The minimum Gasteiger partial charge on any atom is -0.312 e. The molecule has 0 radical (unpaired) electrons. The van der Waals surface area contributed by atoms with Crippen LogP contribution in [0.15, 0.2) is 27.1 Å². The summed E-state index contributed by atoms with van der Waals surface area (Å²) in [6.45, 7) is 7.14. The van der Waals surface area contributed by atoms with Gasteiger partial charge in [0.1, 0.15) is 0 Å². The van der Waals surface area contributed by atoms with Crippen LogP contribution >= 0.6 is 31.9 Å². The lowest BCUT2D eigenvalue weighted by molar-refractivity contribution is 1.22. The molecule has 1 nitrogen and oxygen atoms in total. The molecule has 1 aromatic carbocycles. The summed E-state index contributed by atoms with van der Waals surface area (Å²) in [6, 6.07) is 5.80. The second-order valence-corrected chi connectivity index (χ2v) is 3.73. The smallest absolute Gasteiger partial charge is 0.241 e. The molecule has 0 amide bonds. The predicted molar refractivity (Wildman–Crippen MR) is 52.1 cm³/mol. The van der Waals surface area contributed by atoms with Gasteiger partial charge in [-0.05, 0) is 12.1 Å². The molecular formula is C8H5Br2N. The SMILES string of the molecule is [C-]#[N+]Cc1c(Br)cccc1Br. The molecule has 0 heterocycles. The Morgan fingerprint density at radius 3 is 2.27 bits per heavy atom. The zero-order valence-corrected chi connectivity index (χ0v) is 8.81. The maximum absolute atomic E-state index is 6.72. The molecule has 0 bridgehead atoms. The minimum atomic E-state index is 0.419. The average Bonchev–Trinajstić information content (AvgIpc) is 1.97. The van der Waals surface area contributed by atoms with Crippen LogP contribution in [0.5, 0.6) is 0 Å². The average molecular weight is 275 g/mol. The van der Waals surface area contributed by atoms with E-state index in [4.69, 9.17) is 6.57 Å². The Morgan fingerprint density at radius 2 is 1.82 bits per heavy atom. The molecule has 0 fully saturated rings. The van der Waals surface area contributed by atoms with E-state index in [1.54, 1.807) is 0 Å². The number of rotatable bonds is 1. The second-order valence-electron chi connectivity index (χ2n) is 2.02. The van der Waals surface area contributed by atoms with Crippen molar-refractivity contribution in [3.8, 4) is 0 Å². The summed E-state index contributed by atoms with van der Waals surface area (Å²) in [5.74, 6) is 0. The Bertz CT molecular complexity index is 281. The first-order valence-electron chi connectivity index (χ1n) is 3.02. The molecule has 0 aliphatic heterocycles. The standard InChI is InChI=1S/C8H5Br2N/c1-11-5-6-7(9)3-2-4-8(6)10/h2-4H,5H2. The van der Waals surface area contributed by atoms with Gasteiger partial charge in [-0.1, -0.05) is 37.9 Å². The van der Waals surface area contributed by atoms with Crippen molar-refractivity contribution in [2.45, 2.75) is 6.54 Å². The molecule has 0 unspecified atom stereocenters. The molecule has 0 atom stereocenters. The maximum atomic E-state index is 6.72. The summed E-state index contributed by atoms with van der Waals surface area (Å²) < 4.78 is 1.98. The fourth-order valence-electron chi connectivity index (χ4n) is 0.762. The molecule has 0 aliphatic carbocycles. The van der Waals surface area contributed by atoms with Gasteiger partial charge in [0.05, 0.1) is 5.56 Å². The molecule has 0 saturated carbocycles. The van der Waals surface area contributed by atoms with E-state index >= 15 is 0 Å². The van der Waals surface area contributed by atoms with E-state index in [9.17, 15) is 0 Å². The van der Waals surface area contributed by atoms with Crippen LogP contribution in [0.2, 0.25) is 0 Å². The Kier molecular flexibility index (Phi) is 3.10. The van der Waals surface area contributed by atoms with Gasteiger partial charge in [0.25, 0.3) is 0 Å². The van der Waals surface area contributed by atoms with E-state index in [0.717, 1.165) is 14.5 Å². The van der Waals surface area contributed by atoms with Gasteiger partial charge in [0.15, 0.2) is 0 Å². The van der Waals surface area contributed by atoms with E-state index in [1.807, 2.05) is 18.2 Å². The highest BCUT2D eigenvalue weighted by atomic mass is 79.9. The lowest BCUT2D eigenvalue weighted by atomic mass is 10.2. The lowest BCUT2D eigenvalue weighted by Gasteiger charge is -1.98. The Balaban J connectivity index is 3.12. The van der Waals surface area contributed by atoms with Crippen molar-refractivity contribution in [2.24, 2.45) is 0 Å². The van der Waals surface area contributed by atoms with Crippen molar-refractivity contribution in [1.82, 2.24) is 0 Å². The third-order valence-corrected chi connectivity index (χ3v) is 2.78. The van der Waals surface area contributed by atoms with Crippen molar-refractivity contribution in [3.63, 3.8) is 0 Å². The summed E-state index contributed by atoms with van der Waals surface area (Å²) in [5.41, 5.74) is 1.02. The topological polar surface area (TPSA) is 4.36 Å². The van der Waals surface area contributed by atoms with E-state index < -0.39 is 0 Å². The fourth-order valence-corrected chi connectivity index (χ4v) is 2.01. The molecule has 11 heavy (non-hydrogen) atoms. The zero-order chi connectivity index (χ0) is 8.27. The molecule has 0 aliphatic rings. The van der Waals surface area contributed by atoms with Crippen LogP contribution in [0.4, 0.5) is 0 Å². The normalized spacial score (nSPS) is 9.18. The highest BCUT2D eigenvalue weighted by molar-refractivity contribution is 9.11.